The molecule has 1 aromatic heterocycles. The van der Waals surface area contributed by atoms with E-state index in [4.69, 9.17) is 0 Å². The third kappa shape index (κ3) is 2.96. The van der Waals surface area contributed by atoms with E-state index in [1.54, 1.807) is 0 Å². The van der Waals surface area contributed by atoms with Gasteiger partial charge >= 0.3 is 0 Å². The SMILES string of the molecule is Cc1cc(N2c3ccc(-c4ccc5c(c4)C(C)(C)c4ccccc4-5)cc3C3(C)CCCCC23C)ccn1. The number of fused-ring (bicyclic) bond motifs is 6. The number of nitrogens with zero attached hydrogens (tertiary/aromatic N) is 2. The summed E-state index contributed by atoms with van der Waals surface area (Å²) in [6.45, 7) is 11.8. The van der Waals surface area contributed by atoms with Gasteiger partial charge in [-0.2, -0.15) is 0 Å². The van der Waals surface area contributed by atoms with E-state index in [0.717, 1.165) is 5.69 Å². The van der Waals surface area contributed by atoms with Gasteiger partial charge in [0.25, 0.3) is 0 Å². The van der Waals surface area contributed by atoms with Crippen LogP contribution >= 0.6 is 0 Å². The monoisotopic (exact) mass is 484 g/mol. The van der Waals surface area contributed by atoms with E-state index in [-0.39, 0.29) is 16.4 Å². The van der Waals surface area contributed by atoms with Gasteiger partial charge in [-0.3, -0.25) is 4.98 Å². The van der Waals surface area contributed by atoms with Crippen LogP contribution in [0.4, 0.5) is 11.4 Å². The zero-order chi connectivity index (χ0) is 25.6. The molecule has 0 spiro atoms. The van der Waals surface area contributed by atoms with Crippen LogP contribution in [-0.4, -0.2) is 10.5 Å². The Morgan fingerprint density at radius 1 is 0.703 bits per heavy atom. The molecule has 2 unspecified atom stereocenters. The number of hydrogen-bond acceptors (Lipinski definition) is 2. The molecule has 0 bridgehead atoms. The highest BCUT2D eigenvalue weighted by Crippen LogP contribution is 2.61. The van der Waals surface area contributed by atoms with E-state index in [9.17, 15) is 0 Å². The van der Waals surface area contributed by atoms with Gasteiger partial charge in [-0.05, 0) is 96.0 Å². The number of benzene rings is 3. The van der Waals surface area contributed by atoms with Gasteiger partial charge in [0.1, 0.15) is 0 Å². The van der Waals surface area contributed by atoms with Gasteiger partial charge in [0, 0.05) is 34.1 Å². The highest BCUT2D eigenvalue weighted by Gasteiger charge is 2.57. The molecule has 7 rings (SSSR count). The summed E-state index contributed by atoms with van der Waals surface area (Å²) in [5.41, 5.74) is 13.7. The molecule has 3 aromatic carbocycles. The fourth-order valence-electron chi connectivity index (χ4n) is 7.87. The lowest BCUT2D eigenvalue weighted by Gasteiger charge is -2.50. The van der Waals surface area contributed by atoms with Gasteiger partial charge in [-0.25, -0.2) is 0 Å². The molecular weight excluding hydrogens is 448 g/mol. The summed E-state index contributed by atoms with van der Waals surface area (Å²) in [7, 11) is 0. The second-order valence-electron chi connectivity index (χ2n) is 12.5. The minimum atomic E-state index is 0.0165. The molecule has 0 saturated heterocycles. The zero-order valence-corrected chi connectivity index (χ0v) is 22.7. The predicted octanol–water partition coefficient (Wildman–Crippen LogP) is 9.11. The summed E-state index contributed by atoms with van der Waals surface area (Å²) in [5.74, 6) is 0. The Morgan fingerprint density at radius 3 is 2.22 bits per heavy atom. The minimum absolute atomic E-state index is 0.0165. The molecule has 2 aliphatic carbocycles. The summed E-state index contributed by atoms with van der Waals surface area (Å²) in [6.07, 6.45) is 6.98. The van der Waals surface area contributed by atoms with Crippen molar-refractivity contribution < 1.29 is 0 Å². The summed E-state index contributed by atoms with van der Waals surface area (Å²) in [6, 6.07) is 27.8. The average Bonchev–Trinajstić information content (AvgIpc) is 3.25. The molecule has 2 atom stereocenters. The second kappa shape index (κ2) is 7.57. The van der Waals surface area contributed by atoms with Crippen molar-refractivity contribution in [3.63, 3.8) is 0 Å². The molecule has 2 heterocycles. The molecule has 2 heteroatoms. The normalized spacial score (nSPS) is 24.8. The zero-order valence-electron chi connectivity index (χ0n) is 22.7. The van der Waals surface area contributed by atoms with Crippen LogP contribution in [0, 0.1) is 6.92 Å². The quantitative estimate of drug-likeness (QED) is 0.282. The van der Waals surface area contributed by atoms with Crippen molar-refractivity contribution in [2.75, 3.05) is 4.90 Å². The van der Waals surface area contributed by atoms with Crippen LogP contribution in [0.1, 0.15) is 75.8 Å². The number of pyridine rings is 1. The van der Waals surface area contributed by atoms with Crippen molar-refractivity contribution in [3.05, 3.63) is 101 Å². The molecule has 37 heavy (non-hydrogen) atoms. The molecule has 3 aliphatic rings. The minimum Gasteiger partial charge on any atom is -0.334 e. The number of anilines is 2. The Hall–Kier alpha value is -3.39. The van der Waals surface area contributed by atoms with Gasteiger partial charge < -0.3 is 4.90 Å². The number of aryl methyl sites for hydroxylation is 1. The Labute approximate surface area is 221 Å². The molecule has 4 aromatic rings. The molecular formula is C35H36N2. The maximum absolute atomic E-state index is 4.49. The van der Waals surface area contributed by atoms with E-state index >= 15 is 0 Å². The van der Waals surface area contributed by atoms with E-state index in [2.05, 4.69) is 117 Å². The molecule has 0 radical (unpaired) electrons. The first-order valence-corrected chi connectivity index (χ1v) is 13.9. The summed E-state index contributed by atoms with van der Waals surface area (Å²) < 4.78 is 0. The van der Waals surface area contributed by atoms with E-state index in [0.29, 0.717) is 0 Å². The average molecular weight is 485 g/mol. The number of aromatic nitrogens is 1. The first-order chi connectivity index (χ1) is 17.7. The molecule has 186 valence electrons. The van der Waals surface area contributed by atoms with Crippen molar-refractivity contribution in [1.82, 2.24) is 4.98 Å². The summed E-state index contributed by atoms with van der Waals surface area (Å²) in [5, 5.41) is 0. The van der Waals surface area contributed by atoms with Crippen molar-refractivity contribution in [2.24, 2.45) is 0 Å². The van der Waals surface area contributed by atoms with Crippen LogP contribution in [0.3, 0.4) is 0 Å². The molecule has 0 amide bonds. The second-order valence-corrected chi connectivity index (χ2v) is 12.5. The largest absolute Gasteiger partial charge is 0.334 e. The summed E-state index contributed by atoms with van der Waals surface area (Å²) in [4.78, 5) is 7.13. The van der Waals surface area contributed by atoms with Gasteiger partial charge in [0.15, 0.2) is 0 Å². The van der Waals surface area contributed by atoms with Crippen LogP contribution in [-0.2, 0) is 10.8 Å². The fourth-order valence-corrected chi connectivity index (χ4v) is 7.87. The molecule has 0 N–H and O–H groups in total. The standard InChI is InChI=1S/C35H36N2/c1-23-20-26(16-19-36-23)37-32-15-13-25(22-31(32)34(4)17-8-9-18-35(34,37)5)24-12-14-28-27-10-6-7-11-29(27)33(2,3)30(28)21-24/h6-7,10-16,19-22H,8-9,17-18H2,1-5H3. The fraction of sp³-hybridized carbons (Fsp3) is 0.343. The van der Waals surface area contributed by atoms with Gasteiger partial charge in [-0.15, -0.1) is 0 Å². The summed E-state index contributed by atoms with van der Waals surface area (Å²) >= 11 is 0. The van der Waals surface area contributed by atoms with Crippen molar-refractivity contribution >= 4 is 11.4 Å². The third-order valence-electron chi connectivity index (χ3n) is 10.2. The molecule has 1 fully saturated rings. The van der Waals surface area contributed by atoms with Crippen LogP contribution in [0.2, 0.25) is 0 Å². The number of rotatable bonds is 2. The van der Waals surface area contributed by atoms with E-state index in [1.165, 1.54) is 76.0 Å². The maximum Gasteiger partial charge on any atom is 0.0517 e. The molecule has 1 saturated carbocycles. The van der Waals surface area contributed by atoms with E-state index in [1.807, 2.05) is 6.20 Å². The van der Waals surface area contributed by atoms with Crippen molar-refractivity contribution in [1.29, 1.82) is 0 Å². The Balaban J connectivity index is 1.38. The van der Waals surface area contributed by atoms with Crippen LogP contribution < -0.4 is 4.90 Å². The first-order valence-electron chi connectivity index (χ1n) is 13.9. The van der Waals surface area contributed by atoms with Gasteiger partial charge in [-0.1, -0.05) is 76.1 Å². The van der Waals surface area contributed by atoms with Crippen molar-refractivity contribution in [3.8, 4) is 22.3 Å². The Kier molecular flexibility index (Phi) is 4.66. The number of hydrogen-bond donors (Lipinski definition) is 0. The lowest BCUT2D eigenvalue weighted by Crippen LogP contribution is -2.54. The van der Waals surface area contributed by atoms with Gasteiger partial charge in [0.2, 0.25) is 0 Å². The van der Waals surface area contributed by atoms with Crippen LogP contribution in [0.25, 0.3) is 22.3 Å². The lowest BCUT2D eigenvalue weighted by molar-refractivity contribution is 0.195. The lowest BCUT2D eigenvalue weighted by atomic mass is 9.61. The van der Waals surface area contributed by atoms with Gasteiger partial charge in [0.05, 0.1) is 5.54 Å². The highest BCUT2D eigenvalue weighted by molar-refractivity contribution is 5.85. The highest BCUT2D eigenvalue weighted by atomic mass is 15.3. The Morgan fingerprint density at radius 2 is 1.41 bits per heavy atom. The molecule has 1 aliphatic heterocycles. The first kappa shape index (κ1) is 22.8. The van der Waals surface area contributed by atoms with Crippen LogP contribution in [0.15, 0.2) is 79.0 Å². The van der Waals surface area contributed by atoms with Crippen LogP contribution in [0.5, 0.6) is 0 Å². The Bertz CT molecular complexity index is 1560. The van der Waals surface area contributed by atoms with E-state index < -0.39 is 0 Å². The molecule has 2 nitrogen and oxygen atoms in total. The third-order valence-corrected chi connectivity index (χ3v) is 10.2. The maximum atomic E-state index is 4.49. The smallest absolute Gasteiger partial charge is 0.0517 e. The topological polar surface area (TPSA) is 16.1 Å². The van der Waals surface area contributed by atoms with Crippen molar-refractivity contribution in [2.45, 2.75) is 76.7 Å². The predicted molar refractivity (Wildman–Crippen MR) is 155 cm³/mol.